The fourth-order valence-corrected chi connectivity index (χ4v) is 1.46. The maximum atomic E-state index is 3.62. The van der Waals surface area contributed by atoms with E-state index in [0.717, 1.165) is 0 Å². The van der Waals surface area contributed by atoms with E-state index in [1.165, 1.54) is 44.9 Å². The SMILES string of the molecule is C=C/C=C/C=C/CCCCCCC[CH]C. The van der Waals surface area contributed by atoms with Crippen LogP contribution in [0.25, 0.3) is 0 Å². The standard InChI is InChI=1S/C15H25/c1-3-5-7-9-11-13-15-14-12-10-8-6-4-2/h3-5,7,9,11H,1,6,8,10,12-15H2,2H3/b7-5+,11-9+. The van der Waals surface area contributed by atoms with Crippen molar-refractivity contribution in [1.29, 1.82) is 0 Å². The van der Waals surface area contributed by atoms with Crippen molar-refractivity contribution in [3.63, 3.8) is 0 Å². The summed E-state index contributed by atoms with van der Waals surface area (Å²) in [5, 5.41) is 0. The maximum absolute atomic E-state index is 3.62. The lowest BCUT2D eigenvalue weighted by molar-refractivity contribution is 0.615. The van der Waals surface area contributed by atoms with Crippen LogP contribution < -0.4 is 0 Å². The van der Waals surface area contributed by atoms with Crippen molar-refractivity contribution in [2.45, 2.75) is 51.9 Å². The molecule has 0 spiro atoms. The molecule has 0 nitrogen and oxygen atoms in total. The minimum atomic E-state index is 1.21. The van der Waals surface area contributed by atoms with E-state index < -0.39 is 0 Å². The molecule has 0 aromatic rings. The molecule has 0 saturated heterocycles. The number of allylic oxidation sites excluding steroid dienone is 5. The zero-order valence-corrected chi connectivity index (χ0v) is 10.1. The second-order valence-electron chi connectivity index (χ2n) is 3.80. The van der Waals surface area contributed by atoms with Crippen molar-refractivity contribution in [2.75, 3.05) is 0 Å². The molecule has 0 rings (SSSR count). The molecule has 1 radical (unpaired) electrons. The summed E-state index contributed by atoms with van der Waals surface area (Å²) in [6, 6.07) is 0. The van der Waals surface area contributed by atoms with Gasteiger partial charge in [0.15, 0.2) is 0 Å². The summed E-state index contributed by atoms with van der Waals surface area (Å²) in [6.45, 7) is 5.76. The molecule has 85 valence electrons. The first-order chi connectivity index (χ1) is 7.41. The normalized spacial score (nSPS) is 11.5. The van der Waals surface area contributed by atoms with E-state index >= 15 is 0 Å². The summed E-state index contributed by atoms with van der Waals surface area (Å²) >= 11 is 0. The molecular formula is C15H25. The number of hydrogen-bond acceptors (Lipinski definition) is 0. The highest BCUT2D eigenvalue weighted by atomic mass is 13.9. The predicted octanol–water partition coefficient (Wildman–Crippen LogP) is 5.24. The Morgan fingerprint density at radius 1 is 0.800 bits per heavy atom. The van der Waals surface area contributed by atoms with Gasteiger partial charge in [-0.25, -0.2) is 0 Å². The number of unbranched alkanes of at least 4 members (excludes halogenated alkanes) is 7. The Kier molecular flexibility index (Phi) is 12.5. The molecule has 0 aromatic carbocycles. The third kappa shape index (κ3) is 13.2. The third-order valence-corrected chi connectivity index (χ3v) is 2.36. The van der Waals surface area contributed by atoms with E-state index in [2.05, 4.69) is 32.1 Å². The van der Waals surface area contributed by atoms with Gasteiger partial charge < -0.3 is 0 Å². The second kappa shape index (κ2) is 13.2. The minimum absolute atomic E-state index is 1.21. The molecular weight excluding hydrogens is 180 g/mol. The first kappa shape index (κ1) is 14.2. The van der Waals surface area contributed by atoms with Crippen LogP contribution in [0.15, 0.2) is 37.0 Å². The topological polar surface area (TPSA) is 0 Å². The van der Waals surface area contributed by atoms with Gasteiger partial charge in [-0.3, -0.25) is 0 Å². The lowest BCUT2D eigenvalue weighted by atomic mass is 10.1. The molecule has 0 N–H and O–H groups in total. The second-order valence-corrected chi connectivity index (χ2v) is 3.80. The molecule has 0 amide bonds. The van der Waals surface area contributed by atoms with Crippen LogP contribution in [-0.4, -0.2) is 0 Å². The molecule has 0 saturated carbocycles. The molecule has 0 aliphatic carbocycles. The van der Waals surface area contributed by atoms with Crippen LogP contribution >= 0.6 is 0 Å². The fraction of sp³-hybridized carbons (Fsp3) is 0.533. The Hall–Kier alpha value is -0.780. The molecule has 0 unspecified atom stereocenters. The van der Waals surface area contributed by atoms with Crippen molar-refractivity contribution in [3.8, 4) is 0 Å². The van der Waals surface area contributed by atoms with Gasteiger partial charge >= 0.3 is 0 Å². The van der Waals surface area contributed by atoms with E-state index in [1.807, 2.05) is 12.2 Å². The minimum Gasteiger partial charge on any atom is -0.0991 e. The van der Waals surface area contributed by atoms with Crippen molar-refractivity contribution in [2.24, 2.45) is 0 Å². The van der Waals surface area contributed by atoms with Gasteiger partial charge in [0, 0.05) is 0 Å². The summed E-state index contributed by atoms with van der Waals surface area (Å²) in [6.07, 6.45) is 21.7. The largest absolute Gasteiger partial charge is 0.0991 e. The fourth-order valence-electron chi connectivity index (χ4n) is 1.46. The highest BCUT2D eigenvalue weighted by Crippen LogP contribution is 2.08. The monoisotopic (exact) mass is 205 g/mol. The highest BCUT2D eigenvalue weighted by molar-refractivity contribution is 5.08. The summed E-state index contributed by atoms with van der Waals surface area (Å²) in [5.74, 6) is 0. The summed E-state index contributed by atoms with van der Waals surface area (Å²) in [7, 11) is 0. The molecule has 0 heterocycles. The smallest absolute Gasteiger partial charge is 0.0348 e. The molecule has 0 aliphatic rings. The summed E-state index contributed by atoms with van der Waals surface area (Å²) < 4.78 is 0. The van der Waals surface area contributed by atoms with E-state index in [0.29, 0.717) is 0 Å². The van der Waals surface area contributed by atoms with Crippen LogP contribution in [0.1, 0.15) is 51.9 Å². The molecule has 0 bridgehead atoms. The number of rotatable bonds is 10. The van der Waals surface area contributed by atoms with Crippen LogP contribution in [0, 0.1) is 6.42 Å². The average molecular weight is 205 g/mol. The molecule has 0 aromatic heterocycles. The van der Waals surface area contributed by atoms with E-state index in [9.17, 15) is 0 Å². The zero-order chi connectivity index (χ0) is 11.2. The highest BCUT2D eigenvalue weighted by Gasteiger charge is 1.88. The molecule has 0 heteroatoms. The van der Waals surface area contributed by atoms with Crippen LogP contribution in [0.2, 0.25) is 0 Å². The number of hydrogen-bond donors (Lipinski definition) is 0. The van der Waals surface area contributed by atoms with Crippen LogP contribution in [-0.2, 0) is 0 Å². The summed E-state index contributed by atoms with van der Waals surface area (Å²) in [4.78, 5) is 0. The Balaban J connectivity index is 3.07. The van der Waals surface area contributed by atoms with Gasteiger partial charge in [0.1, 0.15) is 0 Å². The molecule has 0 aliphatic heterocycles. The van der Waals surface area contributed by atoms with Crippen molar-refractivity contribution in [1.82, 2.24) is 0 Å². The van der Waals surface area contributed by atoms with Crippen molar-refractivity contribution < 1.29 is 0 Å². The van der Waals surface area contributed by atoms with Crippen molar-refractivity contribution in [3.05, 3.63) is 43.4 Å². The van der Waals surface area contributed by atoms with Gasteiger partial charge in [-0.05, 0) is 19.3 Å². The Morgan fingerprint density at radius 3 is 2.13 bits per heavy atom. The van der Waals surface area contributed by atoms with E-state index in [1.54, 1.807) is 6.08 Å². The first-order valence-electron chi connectivity index (χ1n) is 6.14. The predicted molar refractivity (Wildman–Crippen MR) is 70.8 cm³/mol. The molecule has 0 fully saturated rings. The van der Waals surface area contributed by atoms with Crippen LogP contribution in [0.4, 0.5) is 0 Å². The Labute approximate surface area is 95.8 Å². The van der Waals surface area contributed by atoms with Gasteiger partial charge in [0.2, 0.25) is 0 Å². The van der Waals surface area contributed by atoms with Gasteiger partial charge in [-0.2, -0.15) is 0 Å². The van der Waals surface area contributed by atoms with Crippen LogP contribution in [0.5, 0.6) is 0 Å². The quantitative estimate of drug-likeness (QED) is 0.338. The lowest BCUT2D eigenvalue weighted by Gasteiger charge is -1.98. The van der Waals surface area contributed by atoms with Gasteiger partial charge in [-0.15, -0.1) is 0 Å². The third-order valence-electron chi connectivity index (χ3n) is 2.36. The maximum Gasteiger partial charge on any atom is -0.0348 e. The van der Waals surface area contributed by atoms with E-state index in [-0.39, 0.29) is 0 Å². The Bertz CT molecular complexity index is 174. The van der Waals surface area contributed by atoms with Crippen molar-refractivity contribution >= 4 is 0 Å². The Morgan fingerprint density at radius 2 is 1.47 bits per heavy atom. The lowest BCUT2D eigenvalue weighted by Crippen LogP contribution is -1.78. The van der Waals surface area contributed by atoms with Gasteiger partial charge in [0.05, 0.1) is 0 Å². The van der Waals surface area contributed by atoms with Gasteiger partial charge in [0.25, 0.3) is 0 Å². The summed E-state index contributed by atoms with van der Waals surface area (Å²) in [5.41, 5.74) is 0. The molecule has 0 atom stereocenters. The zero-order valence-electron chi connectivity index (χ0n) is 10.1. The van der Waals surface area contributed by atoms with Crippen LogP contribution in [0.3, 0.4) is 0 Å². The van der Waals surface area contributed by atoms with E-state index in [4.69, 9.17) is 0 Å². The first-order valence-corrected chi connectivity index (χ1v) is 6.14. The molecule has 15 heavy (non-hydrogen) atoms. The average Bonchev–Trinajstić information content (AvgIpc) is 2.26. The van der Waals surface area contributed by atoms with Gasteiger partial charge in [-0.1, -0.05) is 76.0 Å².